The molecule has 2 radical (unpaired) electrons. The summed E-state index contributed by atoms with van der Waals surface area (Å²) in [5.74, 6) is 0. The molecule has 0 saturated heterocycles. The molecule has 0 saturated carbocycles. The molecule has 1 N–H and O–H groups in total. The average Bonchev–Trinajstić information content (AvgIpc) is 2.69. The Morgan fingerprint density at radius 3 is 2.95 bits per heavy atom. The van der Waals surface area contributed by atoms with Crippen molar-refractivity contribution in [2.45, 2.75) is 32.8 Å². The van der Waals surface area contributed by atoms with Crippen LogP contribution in [0.5, 0.6) is 0 Å². The van der Waals surface area contributed by atoms with Crippen LogP contribution in [-0.4, -0.2) is 37.8 Å². The zero-order valence-corrected chi connectivity index (χ0v) is 12.0. The smallest absolute Gasteiger partial charge is 0.431 e. The van der Waals surface area contributed by atoms with Gasteiger partial charge in [-0.05, 0) is 38.5 Å². The Bertz CT molecular complexity index is 502. The van der Waals surface area contributed by atoms with Crippen LogP contribution in [0, 0.1) is 0 Å². The van der Waals surface area contributed by atoms with Gasteiger partial charge < -0.3 is 9.64 Å². The first-order valence-electron chi connectivity index (χ1n) is 6.46. The fourth-order valence-electron chi connectivity index (χ4n) is 1.95. The van der Waals surface area contributed by atoms with Gasteiger partial charge in [-0.1, -0.05) is 0 Å². The zero-order valence-electron chi connectivity index (χ0n) is 12.0. The predicted molar refractivity (Wildman–Crippen MR) is 76.0 cm³/mol. The van der Waals surface area contributed by atoms with Crippen LogP contribution in [0.1, 0.15) is 26.5 Å². The zero-order chi connectivity index (χ0) is 14.8. The maximum absolute atomic E-state index is 11.4. The van der Waals surface area contributed by atoms with Crippen molar-refractivity contribution in [3.8, 4) is 0 Å². The molecule has 1 aliphatic heterocycles. The van der Waals surface area contributed by atoms with Crippen LogP contribution in [0.4, 0.5) is 10.5 Å². The maximum Gasteiger partial charge on any atom is 0.431 e. The first-order valence-corrected chi connectivity index (χ1v) is 6.46. The number of hydrogen-bond donors (Lipinski definition) is 1. The van der Waals surface area contributed by atoms with Crippen LogP contribution in [0.2, 0.25) is 0 Å². The third-order valence-corrected chi connectivity index (χ3v) is 2.71. The van der Waals surface area contributed by atoms with E-state index in [2.05, 4.69) is 10.5 Å². The van der Waals surface area contributed by atoms with Crippen LogP contribution in [-0.2, 0) is 16.0 Å². The summed E-state index contributed by atoms with van der Waals surface area (Å²) in [5.41, 5.74) is 4.15. The molecule has 1 amide bonds. The predicted octanol–water partition coefficient (Wildman–Crippen LogP) is 0.652. The standard InChI is InChI=1S/C13H18BN3O3/c1-13(2,3)20-12(18)16-19-8-17-7-6-9-10(17)4-5-11(14)15-9/h4-5H,6-8H2,1-3H3,(H,16,18). The fourth-order valence-corrected chi connectivity index (χ4v) is 1.95. The van der Waals surface area contributed by atoms with Gasteiger partial charge in [0.1, 0.15) is 20.2 Å². The van der Waals surface area contributed by atoms with Crippen molar-refractivity contribution in [3.05, 3.63) is 17.8 Å². The summed E-state index contributed by atoms with van der Waals surface area (Å²) in [6, 6.07) is 3.65. The number of hydrogen-bond acceptors (Lipinski definition) is 5. The number of pyridine rings is 1. The number of rotatable bonds is 3. The number of amides is 1. The van der Waals surface area contributed by atoms with E-state index in [1.54, 1.807) is 26.8 Å². The van der Waals surface area contributed by atoms with Crippen LogP contribution >= 0.6 is 0 Å². The molecular formula is C13H18BN3O3. The highest BCUT2D eigenvalue weighted by molar-refractivity contribution is 6.30. The summed E-state index contributed by atoms with van der Waals surface area (Å²) in [6.07, 6.45) is 0.211. The van der Waals surface area contributed by atoms with Gasteiger partial charge in [0.05, 0.1) is 11.4 Å². The highest BCUT2D eigenvalue weighted by Crippen LogP contribution is 2.24. The number of aromatic nitrogens is 1. The van der Waals surface area contributed by atoms with E-state index in [-0.39, 0.29) is 6.73 Å². The van der Waals surface area contributed by atoms with Crippen molar-refractivity contribution in [3.63, 3.8) is 0 Å². The highest BCUT2D eigenvalue weighted by Gasteiger charge is 2.21. The molecule has 2 rings (SSSR count). The summed E-state index contributed by atoms with van der Waals surface area (Å²) >= 11 is 0. The van der Waals surface area contributed by atoms with Crippen molar-refractivity contribution in [1.82, 2.24) is 10.5 Å². The Hall–Kier alpha value is -1.76. The van der Waals surface area contributed by atoms with Gasteiger partial charge in [0, 0.05) is 13.0 Å². The first-order chi connectivity index (χ1) is 9.35. The molecule has 0 aromatic carbocycles. The Morgan fingerprint density at radius 2 is 2.25 bits per heavy atom. The van der Waals surface area contributed by atoms with Gasteiger partial charge in [0.2, 0.25) is 0 Å². The number of nitrogens with one attached hydrogen (secondary N) is 1. The van der Waals surface area contributed by atoms with Crippen LogP contribution in [0.3, 0.4) is 0 Å². The molecule has 0 aliphatic carbocycles. The minimum absolute atomic E-state index is 0.234. The van der Waals surface area contributed by atoms with Gasteiger partial charge in [0.25, 0.3) is 0 Å². The lowest BCUT2D eigenvalue weighted by Crippen LogP contribution is -2.36. The summed E-state index contributed by atoms with van der Waals surface area (Å²) in [7, 11) is 5.64. The normalized spacial score (nSPS) is 14.1. The topological polar surface area (TPSA) is 63.7 Å². The van der Waals surface area contributed by atoms with Crippen LogP contribution in [0.25, 0.3) is 0 Å². The Kier molecular flexibility index (Phi) is 4.18. The number of carbonyl (C=O) groups is 1. The van der Waals surface area contributed by atoms with Crippen molar-refractivity contribution in [2.75, 3.05) is 18.2 Å². The van der Waals surface area contributed by atoms with E-state index in [0.717, 1.165) is 24.3 Å². The van der Waals surface area contributed by atoms with E-state index in [9.17, 15) is 4.79 Å². The molecule has 1 aliphatic rings. The Morgan fingerprint density at radius 1 is 1.50 bits per heavy atom. The maximum atomic E-state index is 11.4. The van der Waals surface area contributed by atoms with E-state index in [0.29, 0.717) is 5.59 Å². The first kappa shape index (κ1) is 14.6. The SMILES string of the molecule is [B]c1ccc2c(n1)CCN2CONC(=O)OC(C)(C)C. The third-order valence-electron chi connectivity index (χ3n) is 2.71. The Balaban J connectivity index is 1.81. The number of fused-ring (bicyclic) bond motifs is 1. The molecule has 106 valence electrons. The van der Waals surface area contributed by atoms with Crippen molar-refractivity contribution >= 4 is 25.2 Å². The van der Waals surface area contributed by atoms with Crippen molar-refractivity contribution < 1.29 is 14.4 Å². The van der Waals surface area contributed by atoms with E-state index in [4.69, 9.17) is 17.4 Å². The lowest BCUT2D eigenvalue weighted by atomic mass is 10.0. The van der Waals surface area contributed by atoms with Gasteiger partial charge in [-0.15, -0.1) is 0 Å². The second-order valence-electron chi connectivity index (χ2n) is 5.59. The molecule has 7 heteroatoms. The van der Waals surface area contributed by atoms with Gasteiger partial charge >= 0.3 is 6.09 Å². The van der Waals surface area contributed by atoms with Crippen LogP contribution in [0.15, 0.2) is 12.1 Å². The monoisotopic (exact) mass is 275 g/mol. The number of hydroxylamine groups is 1. The van der Waals surface area contributed by atoms with Crippen LogP contribution < -0.4 is 16.0 Å². The largest absolute Gasteiger partial charge is 0.442 e. The van der Waals surface area contributed by atoms with Gasteiger partial charge in [0.15, 0.2) is 0 Å². The fraction of sp³-hybridized carbons (Fsp3) is 0.538. The highest BCUT2D eigenvalue weighted by atomic mass is 16.7. The van der Waals surface area contributed by atoms with E-state index in [1.165, 1.54) is 0 Å². The summed E-state index contributed by atoms with van der Waals surface area (Å²) < 4.78 is 5.07. The van der Waals surface area contributed by atoms with Gasteiger partial charge in [-0.2, -0.15) is 5.48 Å². The second kappa shape index (κ2) is 5.70. The molecule has 0 spiro atoms. The molecular weight excluding hydrogens is 257 g/mol. The molecule has 1 aromatic heterocycles. The summed E-state index contributed by atoms with van der Waals surface area (Å²) in [5, 5.41) is 0. The summed E-state index contributed by atoms with van der Waals surface area (Å²) in [6.45, 7) is 6.39. The minimum atomic E-state index is -0.604. The van der Waals surface area contributed by atoms with Gasteiger partial charge in [-0.3, -0.25) is 4.98 Å². The number of carbonyl (C=O) groups excluding carboxylic acids is 1. The number of anilines is 1. The average molecular weight is 275 g/mol. The molecule has 1 aromatic rings. The molecule has 0 atom stereocenters. The lowest BCUT2D eigenvalue weighted by Gasteiger charge is -2.21. The second-order valence-corrected chi connectivity index (χ2v) is 5.59. The third kappa shape index (κ3) is 3.87. The lowest BCUT2D eigenvalue weighted by molar-refractivity contribution is -0.00711. The Labute approximate surface area is 119 Å². The van der Waals surface area contributed by atoms with E-state index < -0.39 is 11.7 Å². The molecule has 0 unspecified atom stereocenters. The van der Waals surface area contributed by atoms with E-state index >= 15 is 0 Å². The molecule has 0 bridgehead atoms. The molecule has 2 heterocycles. The van der Waals surface area contributed by atoms with Crippen molar-refractivity contribution in [2.24, 2.45) is 0 Å². The molecule has 0 fully saturated rings. The van der Waals surface area contributed by atoms with E-state index in [1.807, 2.05) is 11.0 Å². The molecule has 20 heavy (non-hydrogen) atoms. The number of nitrogens with zero attached hydrogens (tertiary/aromatic N) is 2. The quantitative estimate of drug-likeness (QED) is 0.648. The summed E-state index contributed by atoms with van der Waals surface area (Å²) in [4.78, 5) is 22.8. The minimum Gasteiger partial charge on any atom is -0.442 e. The molecule has 6 nitrogen and oxygen atoms in total. The number of ether oxygens (including phenoxy) is 1. The van der Waals surface area contributed by atoms with Gasteiger partial charge in [-0.25, -0.2) is 9.63 Å². The van der Waals surface area contributed by atoms with Crippen molar-refractivity contribution in [1.29, 1.82) is 0 Å².